The third-order valence-corrected chi connectivity index (χ3v) is 3.49. The lowest BCUT2D eigenvalue weighted by atomic mass is 10.2. The van der Waals surface area contributed by atoms with Crippen LogP contribution in [0.4, 0.5) is 0 Å². The van der Waals surface area contributed by atoms with Gasteiger partial charge in [0.2, 0.25) is 0 Å². The molecule has 5 heteroatoms. The van der Waals surface area contributed by atoms with Gasteiger partial charge in [0.05, 0.1) is 28.6 Å². The van der Waals surface area contributed by atoms with Crippen molar-refractivity contribution in [2.75, 3.05) is 0 Å². The lowest BCUT2D eigenvalue weighted by Gasteiger charge is -2.07. The van der Waals surface area contributed by atoms with E-state index >= 15 is 0 Å². The summed E-state index contributed by atoms with van der Waals surface area (Å²) in [7, 11) is 0. The van der Waals surface area contributed by atoms with Gasteiger partial charge in [0.25, 0.3) is 0 Å². The fourth-order valence-electron chi connectivity index (χ4n) is 2.30. The van der Waals surface area contributed by atoms with Crippen LogP contribution in [-0.4, -0.2) is 9.55 Å². The van der Waals surface area contributed by atoms with Crippen molar-refractivity contribution < 1.29 is 0 Å². The fraction of sp³-hybridized carbons (Fsp3) is 0.0625. The van der Waals surface area contributed by atoms with Gasteiger partial charge in [-0.2, -0.15) is 10.5 Å². The number of halogens is 1. The van der Waals surface area contributed by atoms with Gasteiger partial charge in [0, 0.05) is 5.69 Å². The van der Waals surface area contributed by atoms with Gasteiger partial charge in [0.15, 0.2) is 0 Å². The van der Waals surface area contributed by atoms with Crippen LogP contribution >= 0.6 is 11.6 Å². The monoisotopic (exact) mass is 292 g/mol. The summed E-state index contributed by atoms with van der Waals surface area (Å²) < 4.78 is 1.91. The number of imidazole rings is 1. The zero-order valence-electron chi connectivity index (χ0n) is 10.9. The predicted molar refractivity (Wildman–Crippen MR) is 80.1 cm³/mol. The standard InChI is InChI=1S/C16H9ClN4/c17-8-15-20-16-12(10-19)2-1-3-14(16)21(15)13-6-4-11(9-18)5-7-13/h1-7H,8H2. The summed E-state index contributed by atoms with van der Waals surface area (Å²) in [4.78, 5) is 4.46. The van der Waals surface area contributed by atoms with E-state index in [4.69, 9.17) is 16.9 Å². The molecule has 4 nitrogen and oxygen atoms in total. The van der Waals surface area contributed by atoms with Crippen LogP contribution < -0.4 is 0 Å². The second kappa shape index (κ2) is 5.28. The van der Waals surface area contributed by atoms with Crippen LogP contribution in [0.1, 0.15) is 17.0 Å². The summed E-state index contributed by atoms with van der Waals surface area (Å²) in [6.45, 7) is 0. The first-order chi connectivity index (χ1) is 10.3. The van der Waals surface area contributed by atoms with E-state index in [0.29, 0.717) is 22.5 Å². The number of para-hydroxylation sites is 1. The van der Waals surface area contributed by atoms with E-state index < -0.39 is 0 Å². The zero-order valence-corrected chi connectivity index (χ0v) is 11.7. The van der Waals surface area contributed by atoms with Crippen molar-refractivity contribution in [2.24, 2.45) is 0 Å². The lowest BCUT2D eigenvalue weighted by molar-refractivity contribution is 0.981. The molecule has 0 radical (unpaired) electrons. The lowest BCUT2D eigenvalue weighted by Crippen LogP contribution is -1.99. The highest BCUT2D eigenvalue weighted by atomic mass is 35.5. The smallest absolute Gasteiger partial charge is 0.129 e. The Morgan fingerprint density at radius 1 is 1.05 bits per heavy atom. The van der Waals surface area contributed by atoms with Crippen LogP contribution in [0.5, 0.6) is 0 Å². The number of rotatable bonds is 2. The molecule has 0 aliphatic carbocycles. The molecule has 3 rings (SSSR count). The van der Waals surface area contributed by atoms with Crippen LogP contribution in [0.25, 0.3) is 16.7 Å². The summed E-state index contributed by atoms with van der Waals surface area (Å²) >= 11 is 5.99. The maximum atomic E-state index is 9.18. The number of alkyl halides is 1. The molecular weight excluding hydrogens is 284 g/mol. The van der Waals surface area contributed by atoms with Crippen LogP contribution in [0.3, 0.4) is 0 Å². The Kier molecular flexibility index (Phi) is 3.31. The molecule has 0 amide bonds. The highest BCUT2D eigenvalue weighted by Gasteiger charge is 2.14. The number of fused-ring (bicyclic) bond motifs is 1. The predicted octanol–water partition coefficient (Wildman–Crippen LogP) is 3.51. The summed E-state index contributed by atoms with van der Waals surface area (Å²) in [5.41, 5.74) is 3.44. The zero-order chi connectivity index (χ0) is 14.8. The number of benzene rings is 2. The van der Waals surface area contributed by atoms with Gasteiger partial charge in [0.1, 0.15) is 17.4 Å². The van der Waals surface area contributed by atoms with Gasteiger partial charge in [-0.15, -0.1) is 11.6 Å². The molecule has 0 atom stereocenters. The molecule has 2 aromatic carbocycles. The van der Waals surface area contributed by atoms with Crippen LogP contribution in [0.15, 0.2) is 42.5 Å². The molecule has 0 bridgehead atoms. The molecule has 1 heterocycles. The van der Waals surface area contributed by atoms with Crippen molar-refractivity contribution in [2.45, 2.75) is 5.88 Å². The molecule has 21 heavy (non-hydrogen) atoms. The number of hydrogen-bond donors (Lipinski definition) is 0. The summed E-state index contributed by atoms with van der Waals surface area (Å²) in [5.74, 6) is 0.901. The average molecular weight is 293 g/mol. The number of nitriles is 2. The Labute approximate surface area is 126 Å². The van der Waals surface area contributed by atoms with Gasteiger partial charge in [-0.3, -0.25) is 4.57 Å². The quantitative estimate of drug-likeness (QED) is 0.679. The van der Waals surface area contributed by atoms with Crippen molar-refractivity contribution >= 4 is 22.6 Å². The molecule has 0 fully saturated rings. The van der Waals surface area contributed by atoms with Gasteiger partial charge in [-0.05, 0) is 36.4 Å². The second-order valence-corrected chi connectivity index (χ2v) is 4.71. The van der Waals surface area contributed by atoms with E-state index in [1.54, 1.807) is 18.2 Å². The normalized spacial score (nSPS) is 10.2. The third kappa shape index (κ3) is 2.12. The topological polar surface area (TPSA) is 65.4 Å². The maximum absolute atomic E-state index is 9.18. The van der Waals surface area contributed by atoms with E-state index in [0.717, 1.165) is 11.2 Å². The highest BCUT2D eigenvalue weighted by Crippen LogP contribution is 2.25. The Bertz CT molecular complexity index is 895. The second-order valence-electron chi connectivity index (χ2n) is 4.44. The summed E-state index contributed by atoms with van der Waals surface area (Å²) in [6.07, 6.45) is 0. The first-order valence-corrected chi connectivity index (χ1v) is 6.79. The Morgan fingerprint density at radius 3 is 2.43 bits per heavy atom. The Morgan fingerprint density at radius 2 is 1.81 bits per heavy atom. The van der Waals surface area contributed by atoms with Crippen molar-refractivity contribution in [3.05, 3.63) is 59.4 Å². The van der Waals surface area contributed by atoms with Gasteiger partial charge < -0.3 is 0 Å². The molecule has 0 aliphatic heterocycles. The van der Waals surface area contributed by atoms with Crippen LogP contribution in [-0.2, 0) is 5.88 Å². The molecule has 0 saturated heterocycles. The summed E-state index contributed by atoms with van der Waals surface area (Å²) in [6, 6.07) is 16.9. The molecule has 100 valence electrons. The summed E-state index contributed by atoms with van der Waals surface area (Å²) in [5, 5.41) is 18.1. The first kappa shape index (κ1) is 13.2. The minimum absolute atomic E-state index is 0.236. The van der Waals surface area contributed by atoms with Gasteiger partial charge >= 0.3 is 0 Å². The van der Waals surface area contributed by atoms with Crippen molar-refractivity contribution in [3.8, 4) is 17.8 Å². The number of hydrogen-bond acceptors (Lipinski definition) is 3. The molecule has 0 unspecified atom stereocenters. The Hall–Kier alpha value is -2.82. The SMILES string of the molecule is N#Cc1ccc(-n2c(CCl)nc3c(C#N)cccc32)cc1. The molecule has 0 N–H and O–H groups in total. The van der Waals surface area contributed by atoms with Gasteiger partial charge in [-0.25, -0.2) is 4.98 Å². The molecular formula is C16H9ClN4. The minimum atomic E-state index is 0.236. The molecule has 0 aliphatic rings. The third-order valence-electron chi connectivity index (χ3n) is 3.25. The van der Waals surface area contributed by atoms with E-state index in [-0.39, 0.29) is 5.88 Å². The highest BCUT2D eigenvalue weighted by molar-refractivity contribution is 6.17. The van der Waals surface area contributed by atoms with E-state index in [1.807, 2.05) is 28.8 Å². The van der Waals surface area contributed by atoms with Crippen molar-refractivity contribution in [1.29, 1.82) is 10.5 Å². The number of nitrogens with zero attached hydrogens (tertiary/aromatic N) is 4. The molecule has 0 saturated carbocycles. The molecule has 3 aromatic rings. The first-order valence-electron chi connectivity index (χ1n) is 6.25. The van der Waals surface area contributed by atoms with Crippen molar-refractivity contribution in [3.63, 3.8) is 0 Å². The van der Waals surface area contributed by atoms with Gasteiger partial charge in [-0.1, -0.05) is 6.07 Å². The van der Waals surface area contributed by atoms with E-state index in [1.165, 1.54) is 0 Å². The van der Waals surface area contributed by atoms with Crippen LogP contribution in [0, 0.1) is 22.7 Å². The van der Waals surface area contributed by atoms with Crippen molar-refractivity contribution in [1.82, 2.24) is 9.55 Å². The van der Waals surface area contributed by atoms with Crippen LogP contribution in [0.2, 0.25) is 0 Å². The average Bonchev–Trinajstić information content (AvgIpc) is 2.93. The number of aromatic nitrogens is 2. The maximum Gasteiger partial charge on any atom is 0.129 e. The Balaban J connectivity index is 2.30. The molecule has 0 spiro atoms. The van der Waals surface area contributed by atoms with E-state index in [9.17, 15) is 5.26 Å². The molecule has 1 aromatic heterocycles. The van der Waals surface area contributed by atoms with E-state index in [2.05, 4.69) is 17.1 Å². The fourth-order valence-corrected chi connectivity index (χ4v) is 2.48. The minimum Gasteiger partial charge on any atom is -0.295 e. The largest absolute Gasteiger partial charge is 0.295 e.